The van der Waals surface area contributed by atoms with E-state index in [9.17, 15) is 4.79 Å². The van der Waals surface area contributed by atoms with E-state index in [0.717, 1.165) is 16.1 Å². The van der Waals surface area contributed by atoms with E-state index in [2.05, 4.69) is 15.5 Å². The molecule has 140 valence electrons. The van der Waals surface area contributed by atoms with E-state index in [0.29, 0.717) is 22.3 Å². The lowest BCUT2D eigenvalue weighted by Crippen LogP contribution is -2.32. The van der Waals surface area contributed by atoms with E-state index in [1.807, 2.05) is 51.1 Å². The Hall–Kier alpha value is -2.44. The molecular weight excluding hydrogens is 382 g/mol. The summed E-state index contributed by atoms with van der Waals surface area (Å²) in [6, 6.07) is 13.3. The first-order chi connectivity index (χ1) is 13.0. The summed E-state index contributed by atoms with van der Waals surface area (Å²) in [7, 11) is 0. The summed E-state index contributed by atoms with van der Waals surface area (Å²) in [4.78, 5) is 12.6. The van der Waals surface area contributed by atoms with Gasteiger partial charge in [0.1, 0.15) is 10.8 Å². The zero-order valence-electron chi connectivity index (χ0n) is 15.3. The molecule has 0 aliphatic heterocycles. The number of ether oxygens (including phenoxy) is 1. The van der Waals surface area contributed by atoms with Crippen molar-refractivity contribution in [2.45, 2.75) is 33.3 Å². The summed E-state index contributed by atoms with van der Waals surface area (Å²) in [6.45, 7) is 5.82. The number of amides is 1. The quantitative estimate of drug-likeness (QED) is 0.611. The lowest BCUT2D eigenvalue weighted by molar-refractivity contribution is -0.122. The number of rotatable bonds is 6. The summed E-state index contributed by atoms with van der Waals surface area (Å²) in [5, 5.41) is 12.9. The van der Waals surface area contributed by atoms with Gasteiger partial charge in [-0.2, -0.15) is 0 Å². The van der Waals surface area contributed by atoms with Gasteiger partial charge in [-0.25, -0.2) is 0 Å². The third-order valence-corrected chi connectivity index (χ3v) is 5.34. The molecule has 2 aromatic carbocycles. The molecule has 0 spiro atoms. The summed E-state index contributed by atoms with van der Waals surface area (Å²) in [5.41, 5.74) is 3.05. The summed E-state index contributed by atoms with van der Waals surface area (Å²) in [5.74, 6) is 0.355. The van der Waals surface area contributed by atoms with Crippen molar-refractivity contribution in [1.29, 1.82) is 0 Å². The Morgan fingerprint density at radius 1 is 1.19 bits per heavy atom. The standard InChI is InChI=1S/C20H20ClN3O2S/c1-4-17(26-15-9-10-16(21)13(3)11-15)18(25)22-20-24-23-19(27-20)14-7-5-12(2)6-8-14/h5-11,17H,4H2,1-3H3,(H,22,24,25)/t17-/m1/s1. The van der Waals surface area contributed by atoms with Crippen LogP contribution in [-0.4, -0.2) is 22.2 Å². The first-order valence-electron chi connectivity index (χ1n) is 8.60. The molecule has 7 heteroatoms. The fourth-order valence-electron chi connectivity index (χ4n) is 2.45. The van der Waals surface area contributed by atoms with Crippen LogP contribution in [0.15, 0.2) is 42.5 Å². The number of hydrogen-bond acceptors (Lipinski definition) is 5. The van der Waals surface area contributed by atoms with E-state index in [4.69, 9.17) is 16.3 Å². The van der Waals surface area contributed by atoms with Crippen molar-refractivity contribution < 1.29 is 9.53 Å². The van der Waals surface area contributed by atoms with Gasteiger partial charge < -0.3 is 4.74 Å². The van der Waals surface area contributed by atoms with E-state index in [-0.39, 0.29) is 5.91 Å². The van der Waals surface area contributed by atoms with Crippen molar-refractivity contribution >= 4 is 34.0 Å². The number of aromatic nitrogens is 2. The highest BCUT2D eigenvalue weighted by atomic mass is 35.5. The minimum Gasteiger partial charge on any atom is -0.481 e. The van der Waals surface area contributed by atoms with Crippen LogP contribution in [0.2, 0.25) is 5.02 Å². The molecule has 1 heterocycles. The van der Waals surface area contributed by atoms with Crippen molar-refractivity contribution in [3.63, 3.8) is 0 Å². The fraction of sp³-hybridized carbons (Fsp3) is 0.250. The molecule has 1 atom stereocenters. The highest BCUT2D eigenvalue weighted by Crippen LogP contribution is 2.27. The molecule has 0 fully saturated rings. The van der Waals surface area contributed by atoms with Crippen molar-refractivity contribution in [2.75, 3.05) is 5.32 Å². The lowest BCUT2D eigenvalue weighted by Gasteiger charge is -2.16. The normalized spacial score (nSPS) is 11.9. The molecule has 0 saturated heterocycles. The predicted octanol–water partition coefficient (Wildman–Crippen LogP) is 5.27. The number of nitrogens with one attached hydrogen (secondary N) is 1. The van der Waals surface area contributed by atoms with Gasteiger partial charge in [-0.1, -0.05) is 59.7 Å². The van der Waals surface area contributed by atoms with Gasteiger partial charge in [0.15, 0.2) is 6.10 Å². The number of benzene rings is 2. The molecule has 27 heavy (non-hydrogen) atoms. The molecule has 0 radical (unpaired) electrons. The van der Waals surface area contributed by atoms with Crippen molar-refractivity contribution in [1.82, 2.24) is 10.2 Å². The number of anilines is 1. The Kier molecular flexibility index (Phi) is 6.08. The number of halogens is 1. The molecule has 0 bridgehead atoms. The molecule has 1 aromatic heterocycles. The van der Waals surface area contributed by atoms with Crippen LogP contribution in [0.25, 0.3) is 10.6 Å². The summed E-state index contributed by atoms with van der Waals surface area (Å²) in [6.07, 6.45) is -0.103. The topological polar surface area (TPSA) is 64.1 Å². The maximum absolute atomic E-state index is 12.6. The molecule has 0 saturated carbocycles. The van der Waals surface area contributed by atoms with Crippen molar-refractivity contribution in [3.05, 3.63) is 58.6 Å². The van der Waals surface area contributed by atoms with Gasteiger partial charge in [0.25, 0.3) is 5.91 Å². The smallest absolute Gasteiger partial charge is 0.267 e. The second-order valence-corrected chi connectivity index (χ2v) is 7.58. The predicted molar refractivity (Wildman–Crippen MR) is 110 cm³/mol. The number of aryl methyl sites for hydroxylation is 2. The van der Waals surface area contributed by atoms with E-state index >= 15 is 0 Å². The average molecular weight is 402 g/mol. The Labute approximate surface area is 167 Å². The second kappa shape index (κ2) is 8.50. The van der Waals surface area contributed by atoms with Crippen LogP contribution in [0.1, 0.15) is 24.5 Å². The van der Waals surface area contributed by atoms with Gasteiger partial charge in [-0.05, 0) is 44.0 Å². The lowest BCUT2D eigenvalue weighted by atomic mass is 10.2. The molecule has 3 rings (SSSR count). The molecule has 0 aliphatic carbocycles. The van der Waals surface area contributed by atoms with Crippen LogP contribution >= 0.6 is 22.9 Å². The van der Waals surface area contributed by atoms with E-state index < -0.39 is 6.10 Å². The Balaban J connectivity index is 1.67. The maximum atomic E-state index is 12.6. The van der Waals surface area contributed by atoms with Crippen LogP contribution in [0.5, 0.6) is 5.75 Å². The summed E-state index contributed by atoms with van der Waals surface area (Å²) >= 11 is 7.37. The highest BCUT2D eigenvalue weighted by molar-refractivity contribution is 7.18. The highest BCUT2D eigenvalue weighted by Gasteiger charge is 2.20. The molecule has 1 N–H and O–H groups in total. The van der Waals surface area contributed by atoms with Crippen molar-refractivity contribution in [3.8, 4) is 16.3 Å². The third kappa shape index (κ3) is 4.84. The second-order valence-electron chi connectivity index (χ2n) is 6.19. The van der Waals surface area contributed by atoms with Crippen LogP contribution in [0.4, 0.5) is 5.13 Å². The molecule has 0 aliphatic rings. The van der Waals surface area contributed by atoms with Gasteiger partial charge in [-0.3, -0.25) is 10.1 Å². The van der Waals surface area contributed by atoms with Crippen molar-refractivity contribution in [2.24, 2.45) is 0 Å². The van der Waals surface area contributed by atoms with E-state index in [1.54, 1.807) is 12.1 Å². The summed E-state index contributed by atoms with van der Waals surface area (Å²) < 4.78 is 5.82. The first-order valence-corrected chi connectivity index (χ1v) is 9.80. The maximum Gasteiger partial charge on any atom is 0.267 e. The van der Waals surface area contributed by atoms with Gasteiger partial charge in [0.2, 0.25) is 5.13 Å². The first kappa shape index (κ1) is 19.3. The zero-order chi connectivity index (χ0) is 19.4. The van der Waals surface area contributed by atoms with E-state index in [1.165, 1.54) is 16.9 Å². The Bertz CT molecular complexity index is 941. The van der Waals surface area contributed by atoms with Gasteiger partial charge >= 0.3 is 0 Å². The molecule has 0 unspecified atom stereocenters. The third-order valence-electron chi connectivity index (χ3n) is 4.02. The van der Waals surface area contributed by atoms with Gasteiger partial charge in [0, 0.05) is 10.6 Å². The Morgan fingerprint density at radius 2 is 1.93 bits per heavy atom. The van der Waals surface area contributed by atoms with Crippen LogP contribution < -0.4 is 10.1 Å². The zero-order valence-corrected chi connectivity index (χ0v) is 16.9. The van der Waals surface area contributed by atoms with Crippen LogP contribution in [-0.2, 0) is 4.79 Å². The van der Waals surface area contributed by atoms with Crippen LogP contribution in [0.3, 0.4) is 0 Å². The molecule has 5 nitrogen and oxygen atoms in total. The largest absolute Gasteiger partial charge is 0.481 e. The minimum atomic E-state index is -0.627. The fourth-order valence-corrected chi connectivity index (χ4v) is 3.32. The monoisotopic (exact) mass is 401 g/mol. The average Bonchev–Trinajstić information content (AvgIpc) is 3.11. The van der Waals surface area contributed by atoms with Gasteiger partial charge in [-0.15, -0.1) is 10.2 Å². The molecule has 3 aromatic rings. The number of nitrogens with zero attached hydrogens (tertiary/aromatic N) is 2. The number of carbonyl (C=O) groups excluding carboxylic acids is 1. The number of hydrogen-bond donors (Lipinski definition) is 1. The van der Waals surface area contributed by atoms with Gasteiger partial charge in [0.05, 0.1) is 0 Å². The molecular formula is C20H20ClN3O2S. The SMILES string of the molecule is CC[C@@H](Oc1ccc(Cl)c(C)c1)C(=O)Nc1nnc(-c2ccc(C)cc2)s1. The number of carbonyl (C=O) groups is 1. The Morgan fingerprint density at radius 3 is 2.59 bits per heavy atom. The molecule has 1 amide bonds. The van der Waals surface area contributed by atoms with Crippen LogP contribution in [0, 0.1) is 13.8 Å². The minimum absolute atomic E-state index is 0.253.